The normalized spacial score (nSPS) is 11.4. The summed E-state index contributed by atoms with van der Waals surface area (Å²) >= 11 is 6.62. The molecular weight excluding hydrogens is 422 g/mol. The van der Waals surface area contributed by atoms with Crippen molar-refractivity contribution < 1.29 is 19.1 Å². The Bertz CT molecular complexity index is 923. The number of amides is 1. The van der Waals surface area contributed by atoms with Gasteiger partial charge >= 0.3 is 5.97 Å². The van der Waals surface area contributed by atoms with E-state index in [0.29, 0.717) is 32.7 Å². The number of rotatable bonds is 7. The topological polar surface area (TPSA) is 79.9 Å². The van der Waals surface area contributed by atoms with Crippen molar-refractivity contribution in [2.75, 3.05) is 33.1 Å². The van der Waals surface area contributed by atoms with Gasteiger partial charge in [0.15, 0.2) is 5.11 Å². The summed E-state index contributed by atoms with van der Waals surface area (Å²) in [5.74, 6) is 0.104. The molecule has 0 radical (unpaired) electrons. The molecular formula is C21H27N3O4S2. The third kappa shape index (κ3) is 5.48. The monoisotopic (exact) mass is 449 g/mol. The molecule has 2 rings (SSSR count). The minimum Gasteiger partial charge on any atom is -0.494 e. The number of nitrogens with one attached hydrogen (secondary N) is 2. The number of methoxy groups -OCH3 is 1. The van der Waals surface area contributed by atoms with Gasteiger partial charge in [0.05, 0.1) is 30.2 Å². The highest BCUT2D eigenvalue weighted by molar-refractivity contribution is 7.80. The molecule has 1 heterocycles. The number of esters is 1. The van der Waals surface area contributed by atoms with Crippen LogP contribution in [0, 0.1) is 6.92 Å². The molecule has 2 N–H and O–H groups in total. The summed E-state index contributed by atoms with van der Waals surface area (Å²) in [6.45, 7) is 6.26. The maximum atomic E-state index is 12.5. The second kappa shape index (κ2) is 10.4. The number of hydrogen-bond acceptors (Lipinski definition) is 6. The maximum Gasteiger partial charge on any atom is 0.341 e. The third-order valence-corrected chi connectivity index (χ3v) is 5.82. The fourth-order valence-electron chi connectivity index (χ4n) is 2.80. The average molecular weight is 450 g/mol. The van der Waals surface area contributed by atoms with E-state index in [-0.39, 0.29) is 11.9 Å². The van der Waals surface area contributed by atoms with Crippen LogP contribution in [-0.2, 0) is 4.74 Å². The highest BCUT2D eigenvalue weighted by atomic mass is 32.1. The molecule has 0 spiro atoms. The van der Waals surface area contributed by atoms with Crippen LogP contribution in [0.5, 0.6) is 5.75 Å². The maximum absolute atomic E-state index is 12.5. The van der Waals surface area contributed by atoms with Gasteiger partial charge in [-0.05, 0) is 56.2 Å². The fourth-order valence-corrected chi connectivity index (χ4v) is 4.36. The van der Waals surface area contributed by atoms with E-state index in [1.807, 2.05) is 38.1 Å². The Morgan fingerprint density at radius 3 is 2.40 bits per heavy atom. The summed E-state index contributed by atoms with van der Waals surface area (Å²) in [7, 11) is 4.63. The van der Waals surface area contributed by atoms with Gasteiger partial charge in [0, 0.05) is 14.1 Å². The molecule has 0 saturated carbocycles. The highest BCUT2D eigenvalue weighted by Crippen LogP contribution is 2.34. The van der Waals surface area contributed by atoms with E-state index >= 15 is 0 Å². The summed E-state index contributed by atoms with van der Waals surface area (Å²) in [5, 5.41) is 7.07. The van der Waals surface area contributed by atoms with Crippen LogP contribution in [0.4, 0.5) is 5.00 Å². The Morgan fingerprint density at radius 1 is 1.23 bits per heavy atom. The first-order valence-corrected chi connectivity index (χ1v) is 10.7. The van der Waals surface area contributed by atoms with E-state index in [2.05, 4.69) is 10.6 Å². The molecule has 1 atom stereocenters. The molecule has 0 aliphatic heterocycles. The lowest BCUT2D eigenvalue weighted by Crippen LogP contribution is -2.31. The number of hydrogen-bond donors (Lipinski definition) is 2. The number of nitrogens with zero attached hydrogens (tertiary/aromatic N) is 1. The SMILES string of the molecule is CCOc1ccc(C(C)NC(=S)Nc2sc(C(=O)N(C)C)c(C)c2C(=O)OC)cc1. The Morgan fingerprint density at radius 2 is 1.87 bits per heavy atom. The van der Waals surface area contributed by atoms with Gasteiger partial charge in [0.1, 0.15) is 10.8 Å². The number of benzene rings is 1. The van der Waals surface area contributed by atoms with Gasteiger partial charge < -0.3 is 25.0 Å². The average Bonchev–Trinajstić information content (AvgIpc) is 3.02. The second-order valence-corrected chi connectivity index (χ2v) is 8.20. The van der Waals surface area contributed by atoms with Gasteiger partial charge in [-0.25, -0.2) is 4.79 Å². The molecule has 9 heteroatoms. The second-order valence-electron chi connectivity index (χ2n) is 6.77. The van der Waals surface area contributed by atoms with E-state index in [0.717, 1.165) is 11.3 Å². The van der Waals surface area contributed by atoms with Crippen LogP contribution >= 0.6 is 23.6 Å². The fraction of sp³-hybridized carbons (Fsp3) is 0.381. The van der Waals surface area contributed by atoms with Crippen LogP contribution in [-0.4, -0.2) is 49.7 Å². The Kier molecular flexibility index (Phi) is 8.19. The molecule has 0 aliphatic rings. The van der Waals surface area contributed by atoms with Crippen molar-refractivity contribution in [2.45, 2.75) is 26.8 Å². The van der Waals surface area contributed by atoms with E-state index in [4.69, 9.17) is 21.7 Å². The quantitative estimate of drug-likeness (QED) is 0.489. The Balaban J connectivity index is 2.19. The lowest BCUT2D eigenvalue weighted by molar-refractivity contribution is 0.0601. The first kappa shape index (κ1) is 23.6. The highest BCUT2D eigenvalue weighted by Gasteiger charge is 2.26. The zero-order chi connectivity index (χ0) is 22.4. The summed E-state index contributed by atoms with van der Waals surface area (Å²) in [5.41, 5.74) is 1.91. The largest absolute Gasteiger partial charge is 0.494 e. The Hall–Kier alpha value is -2.65. The van der Waals surface area contributed by atoms with Crippen molar-refractivity contribution in [1.29, 1.82) is 0 Å². The van der Waals surface area contributed by atoms with Crippen LogP contribution < -0.4 is 15.4 Å². The van der Waals surface area contributed by atoms with Crippen molar-refractivity contribution in [2.24, 2.45) is 0 Å². The van der Waals surface area contributed by atoms with Crippen LogP contribution in [0.2, 0.25) is 0 Å². The van der Waals surface area contributed by atoms with Crippen molar-refractivity contribution in [3.63, 3.8) is 0 Å². The number of thiophene rings is 1. The number of carbonyl (C=O) groups excluding carboxylic acids is 2. The molecule has 1 unspecified atom stereocenters. The van der Waals surface area contributed by atoms with Crippen molar-refractivity contribution in [3.05, 3.63) is 45.8 Å². The van der Waals surface area contributed by atoms with Gasteiger partial charge in [0.2, 0.25) is 0 Å². The lowest BCUT2D eigenvalue weighted by atomic mass is 10.1. The molecule has 7 nitrogen and oxygen atoms in total. The van der Waals surface area contributed by atoms with Gasteiger partial charge in [-0.3, -0.25) is 4.79 Å². The summed E-state index contributed by atoms with van der Waals surface area (Å²) in [6, 6.07) is 7.67. The van der Waals surface area contributed by atoms with Crippen molar-refractivity contribution >= 4 is 45.5 Å². The molecule has 0 saturated heterocycles. The van der Waals surface area contributed by atoms with E-state index in [1.54, 1.807) is 21.0 Å². The molecule has 0 fully saturated rings. The van der Waals surface area contributed by atoms with Crippen LogP contribution in [0.25, 0.3) is 0 Å². The van der Waals surface area contributed by atoms with Crippen LogP contribution in [0.3, 0.4) is 0 Å². The van der Waals surface area contributed by atoms with Crippen molar-refractivity contribution in [3.8, 4) is 5.75 Å². The molecule has 1 aromatic heterocycles. The predicted octanol–water partition coefficient (Wildman–Crippen LogP) is 3.99. The molecule has 162 valence electrons. The van der Waals surface area contributed by atoms with Crippen LogP contribution in [0.1, 0.15) is 51.0 Å². The summed E-state index contributed by atoms with van der Waals surface area (Å²) in [4.78, 5) is 26.7. The molecule has 0 bridgehead atoms. The summed E-state index contributed by atoms with van der Waals surface area (Å²) in [6.07, 6.45) is 0. The number of carbonyl (C=O) groups is 2. The van der Waals surface area contributed by atoms with Gasteiger partial charge in [-0.15, -0.1) is 11.3 Å². The van der Waals surface area contributed by atoms with Crippen LogP contribution in [0.15, 0.2) is 24.3 Å². The zero-order valence-electron chi connectivity index (χ0n) is 18.0. The minimum atomic E-state index is -0.522. The molecule has 0 aliphatic carbocycles. The predicted molar refractivity (Wildman–Crippen MR) is 124 cm³/mol. The number of thiocarbonyl (C=S) groups is 1. The van der Waals surface area contributed by atoms with Gasteiger partial charge in [-0.1, -0.05) is 12.1 Å². The minimum absolute atomic E-state index is 0.0776. The molecule has 30 heavy (non-hydrogen) atoms. The standard InChI is InChI=1S/C21H27N3O4S2/c1-7-28-15-10-8-14(9-11-15)13(3)22-21(29)23-18-16(20(26)27-6)12(2)17(30-18)19(25)24(4)5/h8-11,13H,7H2,1-6H3,(H2,22,23,29). The zero-order valence-corrected chi connectivity index (χ0v) is 19.6. The molecule has 1 amide bonds. The molecule has 1 aromatic carbocycles. The van der Waals surface area contributed by atoms with E-state index in [1.165, 1.54) is 23.3 Å². The van der Waals surface area contributed by atoms with Gasteiger partial charge in [0.25, 0.3) is 5.91 Å². The van der Waals surface area contributed by atoms with Crippen molar-refractivity contribution in [1.82, 2.24) is 10.2 Å². The first-order chi connectivity index (χ1) is 14.2. The van der Waals surface area contributed by atoms with E-state index in [9.17, 15) is 9.59 Å². The number of anilines is 1. The lowest BCUT2D eigenvalue weighted by Gasteiger charge is -2.17. The van der Waals surface area contributed by atoms with E-state index < -0.39 is 5.97 Å². The van der Waals surface area contributed by atoms with Gasteiger partial charge in [-0.2, -0.15) is 0 Å². The third-order valence-electron chi connectivity index (χ3n) is 4.40. The molecule has 2 aromatic rings. The Labute approximate surface area is 186 Å². The summed E-state index contributed by atoms with van der Waals surface area (Å²) < 4.78 is 10.4. The smallest absolute Gasteiger partial charge is 0.341 e. The first-order valence-electron chi connectivity index (χ1n) is 9.43. The number of ether oxygens (including phenoxy) is 2.